The van der Waals surface area contributed by atoms with Crippen LogP contribution in [0.4, 0.5) is 0 Å². The minimum absolute atomic E-state index is 0. The van der Waals surface area contributed by atoms with Crippen LogP contribution in [0, 0.1) is 0 Å². The smallest absolute Gasteiger partial charge is 0.220 e. The Morgan fingerprint density at radius 2 is 2.00 bits per heavy atom. The van der Waals surface area contributed by atoms with Gasteiger partial charge in [0.25, 0.3) is 0 Å². The molecule has 4 nitrogen and oxygen atoms in total. The van der Waals surface area contributed by atoms with E-state index in [0.29, 0.717) is 12.5 Å². The Morgan fingerprint density at radius 3 is 2.80 bits per heavy atom. The summed E-state index contributed by atoms with van der Waals surface area (Å²) >= 11 is 6.05. The van der Waals surface area contributed by atoms with Crippen LogP contribution < -0.4 is 10.1 Å². The van der Waals surface area contributed by atoms with Crippen molar-refractivity contribution in [1.82, 2.24) is 15.3 Å². The number of rotatable bonds is 5. The first-order chi connectivity index (χ1) is 11.8. The number of nitrogens with zero attached hydrogens (tertiary/aromatic N) is 2. The van der Waals surface area contributed by atoms with E-state index in [4.69, 9.17) is 26.3 Å². The van der Waals surface area contributed by atoms with Gasteiger partial charge in [-0.15, -0.1) is 12.4 Å². The van der Waals surface area contributed by atoms with Gasteiger partial charge in [-0.2, -0.15) is 4.98 Å². The van der Waals surface area contributed by atoms with Gasteiger partial charge in [0.1, 0.15) is 5.82 Å². The number of hydrogen-bond acceptors (Lipinski definition) is 4. The van der Waals surface area contributed by atoms with Gasteiger partial charge in [0.05, 0.1) is 12.3 Å². The molecule has 1 aromatic heterocycles. The van der Waals surface area contributed by atoms with E-state index in [1.54, 1.807) is 0 Å². The van der Waals surface area contributed by atoms with Crippen molar-refractivity contribution in [2.75, 3.05) is 19.7 Å². The molecule has 134 valence electrons. The fourth-order valence-corrected chi connectivity index (χ4v) is 3.34. The summed E-state index contributed by atoms with van der Waals surface area (Å²) in [6.45, 7) is 2.56. The Hall–Kier alpha value is -1.36. The summed E-state index contributed by atoms with van der Waals surface area (Å²) in [5.41, 5.74) is 3.55. The van der Waals surface area contributed by atoms with Crippen molar-refractivity contribution in [3.8, 4) is 5.88 Å². The van der Waals surface area contributed by atoms with E-state index in [2.05, 4.69) is 11.4 Å². The molecule has 2 aromatic rings. The van der Waals surface area contributed by atoms with Crippen molar-refractivity contribution < 1.29 is 4.74 Å². The fourth-order valence-electron chi connectivity index (χ4n) is 3.13. The van der Waals surface area contributed by atoms with E-state index in [9.17, 15) is 0 Å². The maximum atomic E-state index is 6.10. The number of hydrogen-bond donors (Lipinski definition) is 1. The lowest BCUT2D eigenvalue weighted by atomic mass is 10.1. The second-order valence-electron chi connectivity index (χ2n) is 6.56. The summed E-state index contributed by atoms with van der Waals surface area (Å²) in [7, 11) is 0. The molecule has 0 saturated heterocycles. The van der Waals surface area contributed by atoms with Gasteiger partial charge in [-0.05, 0) is 43.5 Å². The van der Waals surface area contributed by atoms with Crippen molar-refractivity contribution in [3.63, 3.8) is 0 Å². The highest BCUT2D eigenvalue weighted by Crippen LogP contribution is 2.39. The van der Waals surface area contributed by atoms with Crippen molar-refractivity contribution in [2.24, 2.45) is 0 Å². The van der Waals surface area contributed by atoms with Crippen molar-refractivity contribution in [2.45, 2.75) is 38.0 Å². The lowest BCUT2D eigenvalue weighted by Gasteiger charge is -2.14. The van der Waals surface area contributed by atoms with E-state index in [0.717, 1.165) is 49.1 Å². The highest BCUT2D eigenvalue weighted by atomic mass is 35.5. The largest absolute Gasteiger partial charge is 0.477 e. The molecule has 0 unspecified atom stereocenters. The summed E-state index contributed by atoms with van der Waals surface area (Å²) in [6, 6.07) is 7.94. The van der Waals surface area contributed by atoms with Crippen LogP contribution >= 0.6 is 24.0 Å². The Balaban J connectivity index is 0.00000182. The molecule has 1 fully saturated rings. The summed E-state index contributed by atoms with van der Waals surface area (Å²) in [5, 5.41) is 4.20. The van der Waals surface area contributed by atoms with E-state index in [1.807, 2.05) is 18.2 Å². The van der Waals surface area contributed by atoms with Crippen LogP contribution in [0.15, 0.2) is 24.3 Å². The third-order valence-corrected chi connectivity index (χ3v) is 4.86. The molecule has 0 radical (unpaired) electrons. The lowest BCUT2D eigenvalue weighted by Crippen LogP contribution is -2.16. The van der Waals surface area contributed by atoms with Gasteiger partial charge in [-0.3, -0.25) is 0 Å². The van der Waals surface area contributed by atoms with Gasteiger partial charge >= 0.3 is 0 Å². The first-order valence-electron chi connectivity index (χ1n) is 8.77. The van der Waals surface area contributed by atoms with Crippen LogP contribution in [0.1, 0.15) is 41.4 Å². The molecule has 1 N–H and O–H groups in total. The van der Waals surface area contributed by atoms with Crippen molar-refractivity contribution >= 4 is 24.0 Å². The molecular weight excluding hydrogens is 357 g/mol. The van der Waals surface area contributed by atoms with Gasteiger partial charge in [-0.25, -0.2) is 4.98 Å². The van der Waals surface area contributed by atoms with E-state index < -0.39 is 0 Å². The molecule has 6 heteroatoms. The maximum absolute atomic E-state index is 6.10. The lowest BCUT2D eigenvalue weighted by molar-refractivity contribution is 0.303. The monoisotopic (exact) mass is 379 g/mol. The third kappa shape index (κ3) is 4.63. The van der Waals surface area contributed by atoms with Crippen LogP contribution in [0.25, 0.3) is 0 Å². The average molecular weight is 380 g/mol. The second kappa shape index (κ2) is 8.35. The number of benzene rings is 1. The maximum Gasteiger partial charge on any atom is 0.220 e. The number of fused-ring (bicyclic) bond motifs is 1. The summed E-state index contributed by atoms with van der Waals surface area (Å²) in [6.07, 6.45) is 5.14. The predicted molar refractivity (Wildman–Crippen MR) is 102 cm³/mol. The zero-order valence-electron chi connectivity index (χ0n) is 14.1. The molecule has 4 rings (SSSR count). The van der Waals surface area contributed by atoms with E-state index in [-0.39, 0.29) is 12.4 Å². The Kier molecular flexibility index (Phi) is 6.15. The van der Waals surface area contributed by atoms with Gasteiger partial charge in [0.2, 0.25) is 5.88 Å². The molecule has 0 spiro atoms. The summed E-state index contributed by atoms with van der Waals surface area (Å²) < 4.78 is 6.10. The van der Waals surface area contributed by atoms with E-state index >= 15 is 0 Å². The predicted octanol–water partition coefficient (Wildman–Crippen LogP) is 3.74. The summed E-state index contributed by atoms with van der Waals surface area (Å²) in [5.74, 6) is 2.32. The van der Waals surface area contributed by atoms with Crippen LogP contribution in [-0.2, 0) is 19.3 Å². The zero-order chi connectivity index (χ0) is 16.4. The molecule has 1 saturated carbocycles. The molecule has 2 aliphatic rings. The molecular formula is C19H23Cl2N3O. The molecule has 1 aliphatic heterocycles. The number of halogens is 2. The topological polar surface area (TPSA) is 47.0 Å². The normalized spacial score (nSPS) is 16.5. The molecule has 1 aromatic carbocycles. The minimum atomic E-state index is 0. The Bertz CT molecular complexity index is 735. The SMILES string of the molecule is Cl.Clc1cccc(CCOc2nc(C3CC3)nc3c2CCNCC3)c1. The third-order valence-electron chi connectivity index (χ3n) is 4.62. The quantitative estimate of drug-likeness (QED) is 0.859. The van der Waals surface area contributed by atoms with Crippen LogP contribution in [-0.4, -0.2) is 29.7 Å². The summed E-state index contributed by atoms with van der Waals surface area (Å²) in [4.78, 5) is 9.58. The number of nitrogens with one attached hydrogen (secondary N) is 1. The fraction of sp³-hybridized carbons (Fsp3) is 0.474. The van der Waals surface area contributed by atoms with Crippen molar-refractivity contribution in [3.05, 3.63) is 51.9 Å². The molecule has 1 aliphatic carbocycles. The van der Waals surface area contributed by atoms with Crippen LogP contribution in [0.5, 0.6) is 5.88 Å². The van der Waals surface area contributed by atoms with Gasteiger partial charge < -0.3 is 10.1 Å². The highest BCUT2D eigenvalue weighted by molar-refractivity contribution is 6.30. The Morgan fingerprint density at radius 1 is 1.16 bits per heavy atom. The second-order valence-corrected chi connectivity index (χ2v) is 7.00. The number of ether oxygens (including phenoxy) is 1. The first-order valence-corrected chi connectivity index (χ1v) is 9.15. The standard InChI is InChI=1S/C19H22ClN3O.ClH/c20-15-3-1-2-13(12-15)8-11-24-19-16-6-9-21-10-7-17(16)22-18(23-19)14-4-5-14;/h1-3,12,14,21H,4-11H2;1H. The Labute approximate surface area is 159 Å². The molecule has 25 heavy (non-hydrogen) atoms. The molecule has 0 atom stereocenters. The molecule has 0 amide bonds. The molecule has 2 heterocycles. The van der Waals surface area contributed by atoms with Gasteiger partial charge in [0.15, 0.2) is 0 Å². The number of aromatic nitrogens is 2. The van der Waals surface area contributed by atoms with E-state index in [1.165, 1.54) is 29.7 Å². The molecule has 0 bridgehead atoms. The van der Waals surface area contributed by atoms with Crippen LogP contribution in [0.3, 0.4) is 0 Å². The minimum Gasteiger partial charge on any atom is -0.477 e. The van der Waals surface area contributed by atoms with Gasteiger partial charge in [0, 0.05) is 35.9 Å². The first kappa shape index (κ1) is 18.4. The van der Waals surface area contributed by atoms with Crippen LogP contribution in [0.2, 0.25) is 5.02 Å². The highest BCUT2D eigenvalue weighted by Gasteiger charge is 2.29. The van der Waals surface area contributed by atoms with Crippen molar-refractivity contribution in [1.29, 1.82) is 0 Å². The van der Waals surface area contributed by atoms with Gasteiger partial charge in [-0.1, -0.05) is 23.7 Å². The average Bonchev–Trinajstić information content (AvgIpc) is 3.41. The zero-order valence-corrected chi connectivity index (χ0v) is 15.7.